The average molecular weight is 442 g/mol. The fourth-order valence-corrected chi connectivity index (χ4v) is 4.58. The number of imide groups is 1. The van der Waals surface area contributed by atoms with Crippen molar-refractivity contribution in [3.05, 3.63) is 107 Å². The van der Waals surface area contributed by atoms with Crippen molar-refractivity contribution in [2.75, 3.05) is 13.7 Å². The van der Waals surface area contributed by atoms with Gasteiger partial charge in [0.2, 0.25) is 0 Å². The Morgan fingerprint density at radius 1 is 0.879 bits per heavy atom. The van der Waals surface area contributed by atoms with Crippen molar-refractivity contribution in [2.24, 2.45) is 0 Å². The summed E-state index contributed by atoms with van der Waals surface area (Å²) < 4.78 is 19.9. The van der Waals surface area contributed by atoms with Gasteiger partial charge in [0.15, 0.2) is 0 Å². The third-order valence-electron chi connectivity index (χ3n) is 6.25. The molecule has 0 unspecified atom stereocenters. The summed E-state index contributed by atoms with van der Waals surface area (Å²) in [6.07, 6.45) is 0.771. The Morgan fingerprint density at radius 3 is 2.36 bits per heavy atom. The molecule has 0 saturated heterocycles. The highest BCUT2D eigenvalue weighted by Crippen LogP contribution is 2.38. The highest BCUT2D eigenvalue weighted by Gasteiger charge is 2.43. The van der Waals surface area contributed by atoms with Gasteiger partial charge in [0.1, 0.15) is 17.3 Å². The lowest BCUT2D eigenvalue weighted by atomic mass is 9.97. The second-order valence-corrected chi connectivity index (χ2v) is 8.15. The summed E-state index contributed by atoms with van der Waals surface area (Å²) in [7, 11) is 1.54. The Hall–Kier alpha value is -3.93. The van der Waals surface area contributed by atoms with Crippen LogP contribution in [0.4, 0.5) is 4.39 Å². The van der Waals surface area contributed by atoms with Crippen LogP contribution in [0, 0.1) is 5.82 Å². The monoisotopic (exact) mass is 442 g/mol. The predicted molar refractivity (Wildman–Crippen MR) is 122 cm³/mol. The van der Waals surface area contributed by atoms with E-state index in [1.165, 1.54) is 18.7 Å². The van der Waals surface area contributed by atoms with Crippen molar-refractivity contribution in [1.82, 2.24) is 9.80 Å². The summed E-state index contributed by atoms with van der Waals surface area (Å²) in [5, 5.41) is 0. The number of amides is 2. The van der Waals surface area contributed by atoms with E-state index in [0.717, 1.165) is 16.9 Å². The lowest BCUT2D eigenvalue weighted by molar-refractivity contribution is -0.138. The zero-order chi connectivity index (χ0) is 22.9. The fourth-order valence-electron chi connectivity index (χ4n) is 4.58. The Bertz CT molecular complexity index is 1280. The van der Waals surface area contributed by atoms with Crippen molar-refractivity contribution in [3.8, 4) is 5.75 Å². The van der Waals surface area contributed by atoms with E-state index in [9.17, 15) is 14.0 Å². The number of benzene rings is 3. The van der Waals surface area contributed by atoms with E-state index in [2.05, 4.69) is 6.07 Å². The molecule has 2 aliphatic heterocycles. The molecule has 33 heavy (non-hydrogen) atoms. The first-order valence-corrected chi connectivity index (χ1v) is 10.9. The highest BCUT2D eigenvalue weighted by atomic mass is 19.1. The first kappa shape index (κ1) is 20.9. The van der Waals surface area contributed by atoms with Gasteiger partial charge < -0.3 is 9.64 Å². The molecule has 0 spiro atoms. The van der Waals surface area contributed by atoms with Gasteiger partial charge in [-0.1, -0.05) is 60.7 Å². The van der Waals surface area contributed by atoms with Crippen LogP contribution in [0.1, 0.15) is 22.3 Å². The number of para-hydroxylation sites is 1. The molecule has 0 radical (unpaired) electrons. The number of fused-ring (bicyclic) bond motifs is 1. The van der Waals surface area contributed by atoms with E-state index >= 15 is 0 Å². The molecule has 5 rings (SSSR count). The van der Waals surface area contributed by atoms with E-state index in [-0.39, 0.29) is 6.54 Å². The van der Waals surface area contributed by atoms with Crippen LogP contribution in [0.15, 0.2) is 78.5 Å². The minimum absolute atomic E-state index is 0.128. The molecular formula is C27H23FN2O3. The topological polar surface area (TPSA) is 49.9 Å². The van der Waals surface area contributed by atoms with Crippen LogP contribution in [0.25, 0.3) is 5.57 Å². The molecule has 0 aliphatic carbocycles. The molecule has 3 aromatic rings. The van der Waals surface area contributed by atoms with E-state index < -0.39 is 17.6 Å². The van der Waals surface area contributed by atoms with Gasteiger partial charge in [0.05, 0.1) is 19.2 Å². The van der Waals surface area contributed by atoms with Crippen LogP contribution >= 0.6 is 0 Å². The molecule has 0 aromatic heterocycles. The standard InChI is InChI=1S/C27H23FN2O3/c1-33-23-13-7-5-11-21(23)24-25(29-15-14-18-8-2-3-9-19(18)16-29)27(32)30(26(24)31)17-20-10-4-6-12-22(20)28/h2-13H,14-17H2,1H3. The third-order valence-corrected chi connectivity index (χ3v) is 6.25. The lowest BCUT2D eigenvalue weighted by Crippen LogP contribution is -2.37. The zero-order valence-corrected chi connectivity index (χ0v) is 18.3. The molecule has 2 aliphatic rings. The van der Waals surface area contributed by atoms with Crippen molar-refractivity contribution in [2.45, 2.75) is 19.5 Å². The summed E-state index contributed by atoms with van der Waals surface area (Å²) in [4.78, 5) is 30.4. The number of hydrogen-bond acceptors (Lipinski definition) is 4. The number of halogens is 1. The summed E-state index contributed by atoms with van der Waals surface area (Å²) in [5.41, 5.74) is 3.87. The number of methoxy groups -OCH3 is 1. The Balaban J connectivity index is 1.60. The third kappa shape index (κ3) is 3.67. The summed E-state index contributed by atoms with van der Waals surface area (Å²) in [6.45, 7) is 1.01. The Labute approximate surface area is 191 Å². The van der Waals surface area contributed by atoms with Gasteiger partial charge in [-0.2, -0.15) is 0 Å². The number of nitrogens with zero attached hydrogens (tertiary/aromatic N) is 2. The number of carbonyl (C=O) groups is 2. The van der Waals surface area contributed by atoms with Crippen molar-refractivity contribution in [1.29, 1.82) is 0 Å². The molecule has 166 valence electrons. The second-order valence-electron chi connectivity index (χ2n) is 8.15. The van der Waals surface area contributed by atoms with Crippen LogP contribution in [-0.4, -0.2) is 35.3 Å². The average Bonchev–Trinajstić information content (AvgIpc) is 3.09. The minimum atomic E-state index is -0.447. The molecule has 0 fully saturated rings. The van der Waals surface area contributed by atoms with E-state index in [4.69, 9.17) is 4.74 Å². The van der Waals surface area contributed by atoms with Gasteiger partial charge in [-0.25, -0.2) is 4.39 Å². The maximum Gasteiger partial charge on any atom is 0.278 e. The highest BCUT2D eigenvalue weighted by molar-refractivity contribution is 6.35. The Morgan fingerprint density at radius 2 is 1.58 bits per heavy atom. The summed E-state index contributed by atoms with van der Waals surface area (Å²) in [5.74, 6) is -0.793. The molecule has 0 N–H and O–H groups in total. The van der Waals surface area contributed by atoms with Crippen LogP contribution in [-0.2, 0) is 29.1 Å². The van der Waals surface area contributed by atoms with Gasteiger partial charge >= 0.3 is 0 Å². The molecule has 2 heterocycles. The van der Waals surface area contributed by atoms with Crippen molar-refractivity contribution < 1.29 is 18.7 Å². The zero-order valence-electron chi connectivity index (χ0n) is 18.3. The quantitative estimate of drug-likeness (QED) is 0.557. The molecule has 0 bridgehead atoms. The molecule has 0 atom stereocenters. The largest absolute Gasteiger partial charge is 0.496 e. The molecule has 2 amide bonds. The molecule has 5 nitrogen and oxygen atoms in total. The number of carbonyl (C=O) groups excluding carboxylic acids is 2. The second kappa shape index (κ2) is 8.54. The number of hydrogen-bond donors (Lipinski definition) is 0. The van der Waals surface area contributed by atoms with Gasteiger partial charge in [-0.3, -0.25) is 14.5 Å². The van der Waals surface area contributed by atoms with Gasteiger partial charge in [-0.05, 0) is 29.7 Å². The van der Waals surface area contributed by atoms with E-state index in [0.29, 0.717) is 41.2 Å². The smallest absolute Gasteiger partial charge is 0.278 e. The fraction of sp³-hybridized carbons (Fsp3) is 0.185. The maximum absolute atomic E-state index is 14.4. The van der Waals surface area contributed by atoms with Crippen LogP contribution in [0.5, 0.6) is 5.75 Å². The molecule has 0 saturated carbocycles. The van der Waals surface area contributed by atoms with Gasteiger partial charge in [0, 0.05) is 24.2 Å². The van der Waals surface area contributed by atoms with Crippen LogP contribution in [0.2, 0.25) is 0 Å². The van der Waals surface area contributed by atoms with Crippen molar-refractivity contribution >= 4 is 17.4 Å². The Kier molecular flexibility index (Phi) is 5.42. The van der Waals surface area contributed by atoms with Crippen LogP contribution < -0.4 is 4.74 Å². The van der Waals surface area contributed by atoms with E-state index in [1.807, 2.05) is 35.2 Å². The summed E-state index contributed by atoms with van der Waals surface area (Å²) >= 11 is 0. The molecule has 6 heteroatoms. The maximum atomic E-state index is 14.4. The molecular weight excluding hydrogens is 419 g/mol. The number of rotatable bonds is 5. The normalized spacial score (nSPS) is 15.8. The molecule has 3 aromatic carbocycles. The SMILES string of the molecule is COc1ccccc1C1=C(N2CCc3ccccc3C2)C(=O)N(Cc2ccccc2F)C1=O. The first-order valence-electron chi connectivity index (χ1n) is 10.9. The van der Waals surface area contributed by atoms with Crippen molar-refractivity contribution in [3.63, 3.8) is 0 Å². The first-order chi connectivity index (χ1) is 16.1. The number of ether oxygens (including phenoxy) is 1. The minimum Gasteiger partial charge on any atom is -0.496 e. The van der Waals surface area contributed by atoms with Gasteiger partial charge in [-0.15, -0.1) is 0 Å². The predicted octanol–water partition coefficient (Wildman–Crippen LogP) is 4.17. The van der Waals surface area contributed by atoms with Crippen LogP contribution in [0.3, 0.4) is 0 Å². The lowest BCUT2D eigenvalue weighted by Gasteiger charge is -2.31. The van der Waals surface area contributed by atoms with Gasteiger partial charge in [0.25, 0.3) is 11.8 Å². The van der Waals surface area contributed by atoms with E-state index in [1.54, 1.807) is 30.3 Å². The summed E-state index contributed by atoms with van der Waals surface area (Å²) in [6, 6.07) is 21.5.